The number of hydrogen-bond donors (Lipinski definition) is 3. The van der Waals surface area contributed by atoms with Gasteiger partial charge in [0.25, 0.3) is 11.8 Å². The van der Waals surface area contributed by atoms with Gasteiger partial charge in [0, 0.05) is 17.3 Å². The second kappa shape index (κ2) is 11.5. The molecule has 4 aromatic rings. The Kier molecular flexibility index (Phi) is 8.09. The van der Waals surface area contributed by atoms with Crippen LogP contribution in [0.25, 0.3) is 0 Å². The van der Waals surface area contributed by atoms with Crippen molar-refractivity contribution in [3.63, 3.8) is 0 Å². The maximum absolute atomic E-state index is 14.2. The van der Waals surface area contributed by atoms with Crippen LogP contribution in [-0.2, 0) is 11.3 Å². The number of nitrogens with zero attached hydrogens (tertiary/aromatic N) is 2. The fraction of sp³-hybridized carbons (Fsp3) is 0.143. The minimum atomic E-state index is -1.09. The monoisotopic (exact) mass is 547 g/mol. The van der Waals surface area contributed by atoms with E-state index in [0.29, 0.717) is 16.3 Å². The van der Waals surface area contributed by atoms with Gasteiger partial charge in [-0.15, -0.1) is 0 Å². The van der Waals surface area contributed by atoms with Gasteiger partial charge in [-0.1, -0.05) is 66.2 Å². The molecule has 0 saturated heterocycles. The first-order chi connectivity index (χ1) is 18.2. The number of aromatic nitrogens is 1. The van der Waals surface area contributed by atoms with Gasteiger partial charge in [-0.05, 0) is 65.8 Å². The largest absolute Gasteiger partial charge is 0.395 e. The summed E-state index contributed by atoms with van der Waals surface area (Å²) in [5.74, 6) is -1.84. The maximum atomic E-state index is 14.2. The average Bonchev–Trinajstić information content (AvgIpc) is 3.30. The molecule has 1 aromatic heterocycles. The van der Waals surface area contributed by atoms with E-state index in [9.17, 15) is 14.4 Å². The summed E-state index contributed by atoms with van der Waals surface area (Å²) in [7, 11) is 0. The normalized spacial score (nSPS) is 11.6. The highest BCUT2D eigenvalue weighted by Gasteiger charge is 2.36. The second-order valence-corrected chi connectivity index (χ2v) is 9.90. The molecule has 0 bridgehead atoms. The van der Waals surface area contributed by atoms with Crippen LogP contribution in [0.2, 0.25) is 5.02 Å². The molecule has 0 unspecified atom stereocenters. The summed E-state index contributed by atoms with van der Waals surface area (Å²) in [6, 6.07) is 20.6. The third-order valence-electron chi connectivity index (χ3n) is 6.21. The Hall–Kier alpha value is -4.21. The summed E-state index contributed by atoms with van der Waals surface area (Å²) in [5.41, 5.74) is 14.9. The lowest BCUT2D eigenvalue weighted by Crippen LogP contribution is -2.44. The molecule has 0 aliphatic carbocycles. The van der Waals surface area contributed by atoms with E-state index in [1.54, 1.807) is 30.3 Å². The first-order valence-corrected chi connectivity index (χ1v) is 12.9. The Balaban J connectivity index is 1.87. The molecule has 1 heterocycles. The fourth-order valence-electron chi connectivity index (χ4n) is 4.05. The predicted octanol–water partition coefficient (Wildman–Crippen LogP) is 4.80. The molecule has 5 N–H and O–H groups in total. The molecule has 8 nitrogen and oxygen atoms in total. The van der Waals surface area contributed by atoms with Crippen LogP contribution in [0.4, 0.5) is 11.4 Å². The van der Waals surface area contributed by atoms with E-state index in [4.69, 9.17) is 23.1 Å². The maximum Gasteiger partial charge on any atom is 0.273 e. The topological polar surface area (TPSA) is 131 Å². The van der Waals surface area contributed by atoms with Gasteiger partial charge < -0.3 is 16.8 Å². The van der Waals surface area contributed by atoms with Crippen molar-refractivity contribution in [2.45, 2.75) is 26.4 Å². The van der Waals surface area contributed by atoms with Crippen molar-refractivity contribution in [2.24, 2.45) is 5.73 Å². The van der Waals surface area contributed by atoms with Crippen LogP contribution in [0.3, 0.4) is 0 Å². The number of carbonyl (C=O) groups is 3. The molecule has 0 spiro atoms. The van der Waals surface area contributed by atoms with Gasteiger partial charge in [-0.3, -0.25) is 19.3 Å². The van der Waals surface area contributed by atoms with E-state index in [1.165, 1.54) is 4.90 Å². The summed E-state index contributed by atoms with van der Waals surface area (Å²) < 4.78 is 3.99. The molecule has 0 aliphatic heterocycles. The Morgan fingerprint density at radius 3 is 2.32 bits per heavy atom. The number of halogens is 1. The number of benzene rings is 3. The number of hydrogen-bond acceptors (Lipinski definition) is 6. The van der Waals surface area contributed by atoms with Crippen molar-refractivity contribution >= 4 is 52.2 Å². The van der Waals surface area contributed by atoms with Gasteiger partial charge in [-0.2, -0.15) is 4.37 Å². The number of amides is 3. The minimum absolute atomic E-state index is 0.00882. The SMILES string of the molecule is Cc1cccc(N(C(=O)c2snc(C(N)=O)c2N)[C@H](C(=O)NCc2ccccc2)c2ccc(Cl)cc2)c1C. The van der Waals surface area contributed by atoms with Crippen LogP contribution < -0.4 is 21.7 Å². The van der Waals surface area contributed by atoms with E-state index >= 15 is 0 Å². The molecule has 0 saturated carbocycles. The van der Waals surface area contributed by atoms with Crippen LogP contribution in [-0.4, -0.2) is 22.1 Å². The number of aryl methyl sites for hydroxylation is 1. The highest BCUT2D eigenvalue weighted by atomic mass is 35.5. The van der Waals surface area contributed by atoms with Gasteiger partial charge in [0.1, 0.15) is 10.9 Å². The van der Waals surface area contributed by atoms with Gasteiger partial charge >= 0.3 is 0 Å². The van der Waals surface area contributed by atoms with Crippen molar-refractivity contribution in [3.05, 3.63) is 111 Å². The van der Waals surface area contributed by atoms with Crippen LogP contribution >= 0.6 is 23.1 Å². The molecule has 3 aromatic carbocycles. The quantitative estimate of drug-likeness (QED) is 0.291. The predicted molar refractivity (Wildman–Crippen MR) is 150 cm³/mol. The molecule has 1 atom stereocenters. The van der Waals surface area contributed by atoms with Gasteiger partial charge in [0.2, 0.25) is 5.91 Å². The van der Waals surface area contributed by atoms with E-state index in [2.05, 4.69) is 9.69 Å². The molecule has 0 aliphatic rings. The third kappa shape index (κ3) is 5.53. The van der Waals surface area contributed by atoms with Gasteiger partial charge in [-0.25, -0.2) is 0 Å². The zero-order chi connectivity index (χ0) is 27.4. The summed E-state index contributed by atoms with van der Waals surface area (Å²) >= 11 is 6.91. The van der Waals surface area contributed by atoms with Crippen molar-refractivity contribution in [2.75, 3.05) is 10.6 Å². The van der Waals surface area contributed by atoms with Crippen LogP contribution in [0.1, 0.15) is 48.5 Å². The highest BCUT2D eigenvalue weighted by Crippen LogP contribution is 2.36. The zero-order valence-corrected chi connectivity index (χ0v) is 22.3. The molecule has 38 heavy (non-hydrogen) atoms. The summed E-state index contributed by atoms with van der Waals surface area (Å²) in [6.45, 7) is 4.05. The molecule has 0 radical (unpaired) electrons. The number of nitrogen functional groups attached to an aromatic ring is 1. The van der Waals surface area contributed by atoms with E-state index in [-0.39, 0.29) is 22.8 Å². The fourth-order valence-corrected chi connectivity index (χ4v) is 4.91. The Morgan fingerprint density at radius 2 is 1.68 bits per heavy atom. The smallest absolute Gasteiger partial charge is 0.273 e. The lowest BCUT2D eigenvalue weighted by Gasteiger charge is -2.32. The highest BCUT2D eigenvalue weighted by molar-refractivity contribution is 7.09. The third-order valence-corrected chi connectivity index (χ3v) is 7.31. The number of carbonyl (C=O) groups excluding carboxylic acids is 3. The van der Waals surface area contributed by atoms with Gasteiger partial charge in [0.05, 0.1) is 5.69 Å². The number of nitrogens with one attached hydrogen (secondary N) is 1. The standard InChI is InChI=1S/C28H26ClN5O3S/c1-16-7-6-10-21(17(16)2)34(28(37)25-22(30)23(26(31)35)33-38-25)24(19-11-13-20(29)14-12-19)27(36)32-15-18-8-4-3-5-9-18/h3-14,24H,15,30H2,1-2H3,(H2,31,35)(H,32,36)/t24-/m0/s1. The molecule has 10 heteroatoms. The van der Waals surface area contributed by atoms with Gasteiger partial charge in [0.15, 0.2) is 5.69 Å². The Labute approximate surface area is 229 Å². The number of rotatable bonds is 8. The van der Waals surface area contributed by atoms with Crippen LogP contribution in [0.5, 0.6) is 0 Å². The van der Waals surface area contributed by atoms with Crippen LogP contribution in [0, 0.1) is 13.8 Å². The molecule has 4 rings (SSSR count). The number of nitrogens with two attached hydrogens (primary N) is 2. The lowest BCUT2D eigenvalue weighted by atomic mass is 9.99. The van der Waals surface area contributed by atoms with E-state index in [0.717, 1.165) is 28.2 Å². The first kappa shape index (κ1) is 26.8. The molecule has 0 fully saturated rings. The van der Waals surface area contributed by atoms with E-state index < -0.39 is 23.8 Å². The molecule has 3 amide bonds. The lowest BCUT2D eigenvalue weighted by molar-refractivity contribution is -0.122. The number of primary amides is 1. The van der Waals surface area contributed by atoms with Crippen molar-refractivity contribution < 1.29 is 14.4 Å². The van der Waals surface area contributed by atoms with Crippen molar-refractivity contribution in [1.82, 2.24) is 9.69 Å². The average molecular weight is 548 g/mol. The molecular weight excluding hydrogens is 522 g/mol. The Morgan fingerprint density at radius 1 is 1.00 bits per heavy atom. The van der Waals surface area contributed by atoms with Crippen molar-refractivity contribution in [3.8, 4) is 0 Å². The van der Waals surface area contributed by atoms with Crippen LogP contribution in [0.15, 0.2) is 72.8 Å². The first-order valence-electron chi connectivity index (χ1n) is 11.7. The summed E-state index contributed by atoms with van der Waals surface area (Å²) in [6.07, 6.45) is 0. The van der Waals surface area contributed by atoms with Crippen molar-refractivity contribution in [1.29, 1.82) is 0 Å². The number of anilines is 2. The zero-order valence-electron chi connectivity index (χ0n) is 20.8. The molecular formula is C28H26ClN5O3S. The Bertz CT molecular complexity index is 1490. The summed E-state index contributed by atoms with van der Waals surface area (Å²) in [4.78, 5) is 41.3. The van der Waals surface area contributed by atoms with E-state index in [1.807, 2.05) is 56.3 Å². The molecule has 194 valence electrons. The summed E-state index contributed by atoms with van der Waals surface area (Å²) in [5, 5.41) is 3.44. The minimum Gasteiger partial charge on any atom is -0.395 e. The second-order valence-electron chi connectivity index (χ2n) is 8.69.